The summed E-state index contributed by atoms with van der Waals surface area (Å²) < 4.78 is 0. The molecule has 1 aromatic heterocycles. The van der Waals surface area contributed by atoms with Gasteiger partial charge in [0, 0.05) is 17.5 Å². The Morgan fingerprint density at radius 2 is 2.33 bits per heavy atom. The molecule has 0 saturated carbocycles. The lowest BCUT2D eigenvalue weighted by atomic mass is 9.91. The minimum atomic E-state index is 0.00721. The molecule has 0 aliphatic carbocycles. The van der Waals surface area contributed by atoms with E-state index in [2.05, 4.69) is 24.0 Å². The van der Waals surface area contributed by atoms with Crippen molar-refractivity contribution in [1.82, 2.24) is 4.98 Å². The van der Waals surface area contributed by atoms with E-state index in [1.165, 1.54) is 28.2 Å². The van der Waals surface area contributed by atoms with Gasteiger partial charge in [0.2, 0.25) is 5.91 Å². The van der Waals surface area contributed by atoms with Gasteiger partial charge in [0.25, 0.3) is 0 Å². The van der Waals surface area contributed by atoms with Gasteiger partial charge < -0.3 is 10.6 Å². The summed E-state index contributed by atoms with van der Waals surface area (Å²) in [6.45, 7) is 2.94. The van der Waals surface area contributed by atoms with Gasteiger partial charge in [0.15, 0.2) is 5.13 Å². The SMILES string of the molecule is CCC1C(=O)N2CCCc3cc(-c4csc(N)n4)cc1c32. The van der Waals surface area contributed by atoms with Gasteiger partial charge in [-0.05, 0) is 42.5 Å². The maximum atomic E-state index is 12.6. The summed E-state index contributed by atoms with van der Waals surface area (Å²) >= 11 is 1.46. The molecule has 4 rings (SSSR count). The van der Waals surface area contributed by atoms with E-state index in [0.717, 1.165) is 37.1 Å². The van der Waals surface area contributed by atoms with Gasteiger partial charge in [-0.3, -0.25) is 4.79 Å². The summed E-state index contributed by atoms with van der Waals surface area (Å²) in [4.78, 5) is 18.9. The lowest BCUT2D eigenvalue weighted by molar-refractivity contribution is -0.119. The molecule has 3 heterocycles. The van der Waals surface area contributed by atoms with Crippen molar-refractivity contribution in [3.8, 4) is 11.3 Å². The molecule has 2 N–H and O–H groups in total. The average molecular weight is 299 g/mol. The van der Waals surface area contributed by atoms with Crippen LogP contribution in [-0.4, -0.2) is 17.4 Å². The second-order valence-corrected chi connectivity index (χ2v) is 6.59. The third kappa shape index (κ3) is 1.80. The number of amides is 1. The van der Waals surface area contributed by atoms with Crippen LogP contribution in [0.2, 0.25) is 0 Å². The molecule has 2 aliphatic rings. The van der Waals surface area contributed by atoms with Crippen LogP contribution in [0, 0.1) is 0 Å². The molecule has 0 bridgehead atoms. The van der Waals surface area contributed by atoms with Crippen LogP contribution in [0.5, 0.6) is 0 Å². The van der Waals surface area contributed by atoms with Crippen LogP contribution in [0.4, 0.5) is 10.8 Å². The third-order valence-corrected chi connectivity index (χ3v) is 5.16. The Labute approximate surface area is 127 Å². The highest BCUT2D eigenvalue weighted by Crippen LogP contribution is 2.46. The van der Waals surface area contributed by atoms with Crippen molar-refractivity contribution in [2.24, 2.45) is 0 Å². The van der Waals surface area contributed by atoms with Crippen molar-refractivity contribution in [3.63, 3.8) is 0 Å². The molecule has 5 heteroatoms. The fourth-order valence-corrected chi connectivity index (χ4v) is 4.12. The maximum absolute atomic E-state index is 12.6. The zero-order valence-corrected chi connectivity index (χ0v) is 12.7. The van der Waals surface area contributed by atoms with Gasteiger partial charge in [-0.1, -0.05) is 6.92 Å². The van der Waals surface area contributed by atoms with Crippen LogP contribution >= 0.6 is 11.3 Å². The topological polar surface area (TPSA) is 59.2 Å². The number of nitrogens with zero attached hydrogens (tertiary/aromatic N) is 2. The van der Waals surface area contributed by atoms with Crippen molar-refractivity contribution in [1.29, 1.82) is 0 Å². The van der Waals surface area contributed by atoms with Crippen LogP contribution in [-0.2, 0) is 11.2 Å². The molecule has 2 aromatic rings. The van der Waals surface area contributed by atoms with E-state index in [4.69, 9.17) is 5.73 Å². The number of anilines is 2. The molecule has 108 valence electrons. The highest BCUT2D eigenvalue weighted by Gasteiger charge is 2.39. The van der Waals surface area contributed by atoms with Crippen LogP contribution in [0.25, 0.3) is 11.3 Å². The minimum Gasteiger partial charge on any atom is -0.375 e. The Kier molecular flexibility index (Phi) is 2.79. The monoisotopic (exact) mass is 299 g/mol. The maximum Gasteiger partial charge on any atom is 0.234 e. The summed E-state index contributed by atoms with van der Waals surface area (Å²) in [6.07, 6.45) is 2.93. The third-order valence-electron chi connectivity index (χ3n) is 4.48. The molecule has 0 spiro atoms. The van der Waals surface area contributed by atoms with Gasteiger partial charge in [-0.25, -0.2) is 4.98 Å². The second-order valence-electron chi connectivity index (χ2n) is 5.70. The Bertz CT molecular complexity index is 737. The fraction of sp³-hybridized carbons (Fsp3) is 0.375. The molecule has 2 aliphatic heterocycles. The molecule has 1 unspecified atom stereocenters. The minimum absolute atomic E-state index is 0.00721. The normalized spacial score (nSPS) is 20.0. The van der Waals surface area contributed by atoms with Gasteiger partial charge >= 0.3 is 0 Å². The van der Waals surface area contributed by atoms with E-state index in [1.807, 2.05) is 10.3 Å². The summed E-state index contributed by atoms with van der Waals surface area (Å²) in [5.74, 6) is 0.274. The van der Waals surface area contributed by atoms with E-state index in [0.29, 0.717) is 5.13 Å². The van der Waals surface area contributed by atoms with Gasteiger partial charge in [-0.2, -0.15) is 0 Å². The van der Waals surface area contributed by atoms with E-state index in [9.17, 15) is 4.79 Å². The standard InChI is InChI=1S/C16H17N3OS/c1-2-11-12-7-10(13-8-21-16(17)18-13)6-9-4-3-5-19(14(9)12)15(11)20/h6-8,11H,2-5H2,1H3,(H2,17,18). The Balaban J connectivity index is 1.92. The van der Waals surface area contributed by atoms with E-state index in [-0.39, 0.29) is 11.8 Å². The number of hydrogen-bond donors (Lipinski definition) is 1. The number of carbonyl (C=O) groups is 1. The summed E-state index contributed by atoms with van der Waals surface area (Å²) in [6, 6.07) is 4.33. The Morgan fingerprint density at radius 1 is 1.48 bits per heavy atom. The van der Waals surface area contributed by atoms with E-state index >= 15 is 0 Å². The first-order chi connectivity index (χ1) is 10.2. The van der Waals surface area contributed by atoms with E-state index in [1.54, 1.807) is 0 Å². The van der Waals surface area contributed by atoms with Crippen molar-refractivity contribution < 1.29 is 4.79 Å². The number of benzene rings is 1. The first-order valence-electron chi connectivity index (χ1n) is 7.38. The lowest BCUT2D eigenvalue weighted by Gasteiger charge is -2.25. The summed E-state index contributed by atoms with van der Waals surface area (Å²) in [5, 5.41) is 2.58. The second kappa shape index (κ2) is 4.56. The molecule has 1 atom stereocenters. The zero-order valence-electron chi connectivity index (χ0n) is 11.9. The summed E-state index contributed by atoms with van der Waals surface area (Å²) in [5.41, 5.74) is 11.4. The predicted octanol–water partition coefficient (Wildman–Crippen LogP) is 3.18. The molecule has 0 radical (unpaired) electrons. The van der Waals surface area contributed by atoms with Crippen molar-refractivity contribution >= 4 is 28.1 Å². The highest BCUT2D eigenvalue weighted by molar-refractivity contribution is 7.13. The molecule has 0 saturated heterocycles. The molecular weight excluding hydrogens is 282 g/mol. The van der Waals surface area contributed by atoms with Gasteiger partial charge in [0.05, 0.1) is 17.3 Å². The van der Waals surface area contributed by atoms with Crippen molar-refractivity contribution in [2.75, 3.05) is 17.2 Å². The molecule has 0 fully saturated rings. The molecule has 21 heavy (non-hydrogen) atoms. The van der Waals surface area contributed by atoms with Crippen molar-refractivity contribution in [3.05, 3.63) is 28.6 Å². The zero-order chi connectivity index (χ0) is 14.6. The first kappa shape index (κ1) is 12.8. The van der Waals surface area contributed by atoms with Crippen LogP contribution < -0.4 is 10.6 Å². The number of thiazole rings is 1. The Morgan fingerprint density at radius 3 is 3.05 bits per heavy atom. The molecular formula is C16H17N3OS. The molecule has 1 amide bonds. The molecule has 1 aromatic carbocycles. The van der Waals surface area contributed by atoms with Crippen LogP contribution in [0.15, 0.2) is 17.5 Å². The average Bonchev–Trinajstić information content (AvgIpc) is 3.03. The molecule has 4 nitrogen and oxygen atoms in total. The fourth-order valence-electron chi connectivity index (χ4n) is 3.55. The number of aromatic nitrogens is 1. The summed E-state index contributed by atoms with van der Waals surface area (Å²) in [7, 11) is 0. The number of hydrogen-bond acceptors (Lipinski definition) is 4. The number of nitrogen functional groups attached to an aromatic ring is 1. The number of aryl methyl sites for hydroxylation is 1. The smallest absolute Gasteiger partial charge is 0.234 e. The predicted molar refractivity (Wildman–Crippen MR) is 85.7 cm³/mol. The van der Waals surface area contributed by atoms with Crippen LogP contribution in [0.3, 0.4) is 0 Å². The van der Waals surface area contributed by atoms with Crippen LogP contribution in [0.1, 0.15) is 36.8 Å². The first-order valence-corrected chi connectivity index (χ1v) is 8.26. The number of carbonyl (C=O) groups excluding carboxylic acids is 1. The number of rotatable bonds is 2. The highest BCUT2D eigenvalue weighted by atomic mass is 32.1. The largest absolute Gasteiger partial charge is 0.375 e. The van der Waals surface area contributed by atoms with E-state index < -0.39 is 0 Å². The number of nitrogens with two attached hydrogens (primary N) is 1. The van der Waals surface area contributed by atoms with Gasteiger partial charge in [-0.15, -0.1) is 11.3 Å². The quantitative estimate of drug-likeness (QED) is 0.926. The Hall–Kier alpha value is -1.88. The lowest BCUT2D eigenvalue weighted by Crippen LogP contribution is -2.32. The van der Waals surface area contributed by atoms with Gasteiger partial charge in [0.1, 0.15) is 0 Å². The van der Waals surface area contributed by atoms with Crippen molar-refractivity contribution in [2.45, 2.75) is 32.1 Å².